The molecule has 2 N–H and O–H groups in total. The number of fused-ring (bicyclic) bond motifs is 1. The van der Waals surface area contributed by atoms with Crippen LogP contribution >= 0.6 is 0 Å². The fourth-order valence-corrected chi connectivity index (χ4v) is 2.24. The highest BCUT2D eigenvalue weighted by molar-refractivity contribution is 6.01. The number of ether oxygens (including phenoxy) is 1. The number of benzene rings is 1. The van der Waals surface area contributed by atoms with Crippen LogP contribution in [-0.2, 0) is 20.7 Å². The Morgan fingerprint density at radius 2 is 2.21 bits per heavy atom. The lowest BCUT2D eigenvalue weighted by Crippen LogP contribution is -2.45. The first-order valence-electron chi connectivity index (χ1n) is 6.44. The van der Waals surface area contributed by atoms with Gasteiger partial charge in [0.1, 0.15) is 6.54 Å². The summed E-state index contributed by atoms with van der Waals surface area (Å²) in [6.07, 6.45) is 1.33. The molecule has 5 heteroatoms. The predicted molar refractivity (Wildman–Crippen MR) is 71.7 cm³/mol. The maximum absolute atomic E-state index is 12.2. The molecule has 2 rings (SSSR count). The van der Waals surface area contributed by atoms with Crippen LogP contribution in [0, 0.1) is 0 Å². The molecule has 0 fully saturated rings. The lowest BCUT2D eigenvalue weighted by atomic mass is 10.1. The third-order valence-corrected chi connectivity index (χ3v) is 3.18. The van der Waals surface area contributed by atoms with Crippen LogP contribution in [0.4, 0.5) is 5.69 Å². The van der Waals surface area contributed by atoms with Gasteiger partial charge in [0.15, 0.2) is 0 Å². The summed E-state index contributed by atoms with van der Waals surface area (Å²) in [5.41, 5.74) is 7.65. The molecule has 1 aliphatic rings. The molecule has 0 bridgehead atoms. The van der Waals surface area contributed by atoms with Gasteiger partial charge in [-0.2, -0.15) is 0 Å². The standard InChI is InChI=1S/C14H18N2O3/c1-2-19-13(17)9-16-12-6-4-3-5-10(12)7-8-11(15)14(16)18/h3-6,11H,2,7-9,15H2,1H3/t11-/m1/s1. The van der Waals surface area contributed by atoms with E-state index in [0.29, 0.717) is 13.0 Å². The van der Waals surface area contributed by atoms with Crippen molar-refractivity contribution in [2.45, 2.75) is 25.8 Å². The number of hydrogen-bond acceptors (Lipinski definition) is 4. The first kappa shape index (κ1) is 13.5. The van der Waals surface area contributed by atoms with Gasteiger partial charge in [0.25, 0.3) is 0 Å². The molecule has 0 saturated heterocycles. The van der Waals surface area contributed by atoms with Crippen LogP contribution in [-0.4, -0.2) is 31.1 Å². The number of nitrogens with two attached hydrogens (primary N) is 1. The van der Waals surface area contributed by atoms with Crippen LogP contribution in [0.25, 0.3) is 0 Å². The number of carbonyl (C=O) groups is 2. The zero-order chi connectivity index (χ0) is 13.8. The number of amides is 1. The second-order valence-corrected chi connectivity index (χ2v) is 4.50. The number of nitrogens with zero attached hydrogens (tertiary/aromatic N) is 1. The summed E-state index contributed by atoms with van der Waals surface area (Å²) in [7, 11) is 0. The highest BCUT2D eigenvalue weighted by Crippen LogP contribution is 2.26. The summed E-state index contributed by atoms with van der Waals surface area (Å²) in [6.45, 7) is 1.95. The smallest absolute Gasteiger partial charge is 0.326 e. The van der Waals surface area contributed by atoms with Crippen molar-refractivity contribution in [3.05, 3.63) is 29.8 Å². The van der Waals surface area contributed by atoms with E-state index in [1.54, 1.807) is 6.92 Å². The Morgan fingerprint density at radius 3 is 2.95 bits per heavy atom. The van der Waals surface area contributed by atoms with Crippen LogP contribution in [0.15, 0.2) is 24.3 Å². The second kappa shape index (κ2) is 5.84. The number of aryl methyl sites for hydroxylation is 1. The Bertz CT molecular complexity index is 487. The van der Waals surface area contributed by atoms with E-state index < -0.39 is 12.0 Å². The highest BCUT2D eigenvalue weighted by Gasteiger charge is 2.29. The third-order valence-electron chi connectivity index (χ3n) is 3.18. The van der Waals surface area contributed by atoms with Crippen LogP contribution in [0.3, 0.4) is 0 Å². The van der Waals surface area contributed by atoms with Crippen LogP contribution in [0.2, 0.25) is 0 Å². The second-order valence-electron chi connectivity index (χ2n) is 4.50. The summed E-state index contributed by atoms with van der Waals surface area (Å²) >= 11 is 0. The quantitative estimate of drug-likeness (QED) is 0.820. The molecule has 102 valence electrons. The molecule has 0 spiro atoms. The van der Waals surface area contributed by atoms with Crippen molar-refractivity contribution in [3.63, 3.8) is 0 Å². The van der Waals surface area contributed by atoms with Crippen molar-refractivity contribution in [2.75, 3.05) is 18.1 Å². The summed E-state index contributed by atoms with van der Waals surface area (Å²) in [5.74, 6) is -0.641. The van der Waals surface area contributed by atoms with Gasteiger partial charge in [0.05, 0.1) is 12.6 Å². The van der Waals surface area contributed by atoms with Gasteiger partial charge in [-0.15, -0.1) is 0 Å². The van der Waals surface area contributed by atoms with Gasteiger partial charge >= 0.3 is 5.97 Å². The number of hydrogen-bond donors (Lipinski definition) is 1. The van der Waals surface area contributed by atoms with Crippen molar-refractivity contribution < 1.29 is 14.3 Å². The van der Waals surface area contributed by atoms with Gasteiger partial charge in [-0.05, 0) is 31.4 Å². The minimum atomic E-state index is -0.568. The van der Waals surface area contributed by atoms with Crippen LogP contribution < -0.4 is 10.6 Å². The van der Waals surface area contributed by atoms with Gasteiger partial charge in [-0.1, -0.05) is 18.2 Å². The maximum Gasteiger partial charge on any atom is 0.326 e. The molecule has 1 heterocycles. The number of para-hydroxylation sites is 1. The first-order valence-corrected chi connectivity index (χ1v) is 6.44. The molecule has 5 nitrogen and oxygen atoms in total. The van der Waals surface area contributed by atoms with Crippen molar-refractivity contribution in [1.82, 2.24) is 0 Å². The van der Waals surface area contributed by atoms with E-state index in [1.807, 2.05) is 24.3 Å². The van der Waals surface area contributed by atoms with Crippen molar-refractivity contribution in [1.29, 1.82) is 0 Å². The summed E-state index contributed by atoms with van der Waals surface area (Å²) in [4.78, 5) is 25.3. The molecule has 1 aliphatic heterocycles. The zero-order valence-corrected chi connectivity index (χ0v) is 11.0. The number of anilines is 1. The van der Waals surface area contributed by atoms with Crippen molar-refractivity contribution in [2.24, 2.45) is 5.73 Å². The van der Waals surface area contributed by atoms with E-state index in [-0.39, 0.29) is 12.5 Å². The SMILES string of the molecule is CCOC(=O)CN1C(=O)[C@H](N)CCc2ccccc21. The molecule has 1 aromatic rings. The highest BCUT2D eigenvalue weighted by atomic mass is 16.5. The average Bonchev–Trinajstić information content (AvgIpc) is 2.52. The molecule has 1 aromatic carbocycles. The minimum absolute atomic E-state index is 0.0859. The molecular weight excluding hydrogens is 244 g/mol. The van der Waals surface area contributed by atoms with Crippen molar-refractivity contribution in [3.8, 4) is 0 Å². The maximum atomic E-state index is 12.2. The van der Waals surface area contributed by atoms with E-state index in [9.17, 15) is 9.59 Å². The van der Waals surface area contributed by atoms with E-state index in [0.717, 1.165) is 17.7 Å². The van der Waals surface area contributed by atoms with E-state index in [4.69, 9.17) is 10.5 Å². The van der Waals surface area contributed by atoms with E-state index >= 15 is 0 Å². The van der Waals surface area contributed by atoms with Gasteiger partial charge in [0.2, 0.25) is 5.91 Å². The molecule has 1 atom stereocenters. The Balaban J connectivity index is 2.31. The number of esters is 1. The molecule has 0 aliphatic carbocycles. The van der Waals surface area contributed by atoms with Gasteiger partial charge in [-0.25, -0.2) is 0 Å². The van der Waals surface area contributed by atoms with E-state index in [1.165, 1.54) is 4.90 Å². The van der Waals surface area contributed by atoms with Crippen LogP contribution in [0.5, 0.6) is 0 Å². The minimum Gasteiger partial charge on any atom is -0.465 e. The summed E-state index contributed by atoms with van der Waals surface area (Å²) in [6, 6.07) is 6.99. The molecule has 0 aromatic heterocycles. The number of carbonyl (C=O) groups excluding carboxylic acids is 2. The molecular formula is C14H18N2O3. The summed E-state index contributed by atoms with van der Waals surface area (Å²) in [5, 5.41) is 0. The zero-order valence-electron chi connectivity index (χ0n) is 11.0. The predicted octanol–water partition coefficient (Wildman–Crippen LogP) is 0.856. The fraction of sp³-hybridized carbons (Fsp3) is 0.429. The largest absolute Gasteiger partial charge is 0.465 e. The van der Waals surface area contributed by atoms with Gasteiger partial charge < -0.3 is 10.5 Å². The lowest BCUT2D eigenvalue weighted by Gasteiger charge is -2.23. The fourth-order valence-electron chi connectivity index (χ4n) is 2.24. The normalized spacial score (nSPS) is 18.7. The van der Waals surface area contributed by atoms with E-state index in [2.05, 4.69) is 0 Å². The molecule has 19 heavy (non-hydrogen) atoms. The summed E-state index contributed by atoms with van der Waals surface area (Å²) < 4.78 is 4.91. The van der Waals surface area contributed by atoms with Crippen LogP contribution in [0.1, 0.15) is 18.9 Å². The van der Waals surface area contributed by atoms with Gasteiger partial charge in [0, 0.05) is 5.69 Å². The molecule has 0 unspecified atom stereocenters. The lowest BCUT2D eigenvalue weighted by molar-refractivity contribution is -0.142. The Morgan fingerprint density at radius 1 is 1.47 bits per heavy atom. The third kappa shape index (κ3) is 2.93. The van der Waals surface area contributed by atoms with Crippen molar-refractivity contribution >= 4 is 17.6 Å². The topological polar surface area (TPSA) is 72.6 Å². The molecule has 0 saturated carbocycles. The molecule has 1 amide bonds. The van der Waals surface area contributed by atoms with Gasteiger partial charge in [-0.3, -0.25) is 14.5 Å². The Hall–Kier alpha value is -1.88. The average molecular weight is 262 g/mol. The number of rotatable bonds is 3. The monoisotopic (exact) mass is 262 g/mol. The Kier molecular flexibility index (Phi) is 4.16. The molecule has 0 radical (unpaired) electrons. The first-order chi connectivity index (χ1) is 9.13. The Labute approximate surface area is 112 Å².